The van der Waals surface area contributed by atoms with Crippen molar-refractivity contribution in [1.29, 1.82) is 0 Å². The molecule has 2 nitrogen and oxygen atoms in total. The molecule has 0 aromatic heterocycles. The first-order valence-electron chi connectivity index (χ1n) is 3.81. The fourth-order valence-electron chi connectivity index (χ4n) is 1.23. The summed E-state index contributed by atoms with van der Waals surface area (Å²) in [5.74, 6) is 2.58. The van der Waals surface area contributed by atoms with E-state index in [1.54, 1.807) is 0 Å². The lowest BCUT2D eigenvalue weighted by atomic mass is 10.1. The van der Waals surface area contributed by atoms with Crippen molar-refractivity contribution in [3.8, 4) is 12.3 Å². The second kappa shape index (κ2) is 4.32. The SMILES string of the molecule is C#CCNC1CCNCC1. The van der Waals surface area contributed by atoms with E-state index in [0.717, 1.165) is 13.1 Å². The van der Waals surface area contributed by atoms with Crippen LogP contribution < -0.4 is 10.6 Å². The molecule has 0 aromatic carbocycles. The lowest BCUT2D eigenvalue weighted by molar-refractivity contribution is 0.401. The third-order valence-electron chi connectivity index (χ3n) is 1.83. The molecule has 0 bridgehead atoms. The molecule has 56 valence electrons. The Kier molecular flexibility index (Phi) is 3.28. The zero-order valence-electron chi connectivity index (χ0n) is 6.19. The van der Waals surface area contributed by atoms with Gasteiger partial charge in [0.15, 0.2) is 0 Å². The number of hydrogen-bond donors (Lipinski definition) is 2. The highest BCUT2D eigenvalue weighted by Crippen LogP contribution is 2.00. The molecule has 0 atom stereocenters. The zero-order chi connectivity index (χ0) is 7.23. The molecule has 1 heterocycles. The highest BCUT2D eigenvalue weighted by Gasteiger charge is 2.10. The van der Waals surface area contributed by atoms with Gasteiger partial charge in [0, 0.05) is 6.04 Å². The van der Waals surface area contributed by atoms with Gasteiger partial charge >= 0.3 is 0 Å². The van der Waals surface area contributed by atoms with Gasteiger partial charge in [-0.3, -0.25) is 0 Å². The highest BCUT2D eigenvalue weighted by molar-refractivity contribution is 4.89. The largest absolute Gasteiger partial charge is 0.317 e. The van der Waals surface area contributed by atoms with Gasteiger partial charge in [-0.2, -0.15) is 0 Å². The molecule has 0 saturated carbocycles. The molecule has 0 radical (unpaired) electrons. The van der Waals surface area contributed by atoms with E-state index in [1.165, 1.54) is 12.8 Å². The van der Waals surface area contributed by atoms with Gasteiger partial charge in [-0.25, -0.2) is 0 Å². The molecule has 1 saturated heterocycles. The van der Waals surface area contributed by atoms with Crippen LogP contribution in [0.4, 0.5) is 0 Å². The van der Waals surface area contributed by atoms with Gasteiger partial charge in [0.05, 0.1) is 6.54 Å². The normalized spacial score (nSPS) is 20.3. The molecule has 1 fully saturated rings. The van der Waals surface area contributed by atoms with Crippen LogP contribution in [0.2, 0.25) is 0 Å². The summed E-state index contributed by atoms with van der Waals surface area (Å²) >= 11 is 0. The van der Waals surface area contributed by atoms with Crippen LogP contribution in [0, 0.1) is 12.3 Å². The molecule has 2 heteroatoms. The lowest BCUT2D eigenvalue weighted by Gasteiger charge is -2.22. The maximum absolute atomic E-state index is 5.12. The van der Waals surface area contributed by atoms with Gasteiger partial charge < -0.3 is 10.6 Å². The Morgan fingerprint density at radius 3 is 2.80 bits per heavy atom. The van der Waals surface area contributed by atoms with Crippen molar-refractivity contribution in [3.63, 3.8) is 0 Å². The first kappa shape index (κ1) is 7.59. The predicted octanol–water partition coefficient (Wildman–Crippen LogP) is -0.0388. The van der Waals surface area contributed by atoms with Gasteiger partial charge in [0.1, 0.15) is 0 Å². The average Bonchev–Trinajstić information content (AvgIpc) is 2.03. The molecule has 2 N–H and O–H groups in total. The van der Waals surface area contributed by atoms with Crippen LogP contribution in [0.15, 0.2) is 0 Å². The van der Waals surface area contributed by atoms with Crippen molar-refractivity contribution in [2.24, 2.45) is 0 Å². The van der Waals surface area contributed by atoms with Gasteiger partial charge in [0.2, 0.25) is 0 Å². The average molecular weight is 138 g/mol. The summed E-state index contributed by atoms with van der Waals surface area (Å²) in [6.45, 7) is 2.97. The van der Waals surface area contributed by atoms with Crippen LogP contribution in [0.3, 0.4) is 0 Å². The number of hydrogen-bond acceptors (Lipinski definition) is 2. The molecule has 0 unspecified atom stereocenters. The van der Waals surface area contributed by atoms with E-state index in [2.05, 4.69) is 16.6 Å². The van der Waals surface area contributed by atoms with E-state index < -0.39 is 0 Å². The summed E-state index contributed by atoms with van der Waals surface area (Å²) in [7, 11) is 0. The summed E-state index contributed by atoms with van der Waals surface area (Å²) in [4.78, 5) is 0. The maximum Gasteiger partial charge on any atom is 0.0575 e. The number of piperidine rings is 1. The summed E-state index contributed by atoms with van der Waals surface area (Å²) in [5, 5.41) is 6.59. The van der Waals surface area contributed by atoms with Crippen molar-refractivity contribution in [2.75, 3.05) is 19.6 Å². The molecular formula is C8H14N2. The molecule has 1 aliphatic heterocycles. The number of nitrogens with one attached hydrogen (secondary N) is 2. The lowest BCUT2D eigenvalue weighted by Crippen LogP contribution is -2.39. The summed E-state index contributed by atoms with van der Waals surface area (Å²) in [6, 6.07) is 0.650. The van der Waals surface area contributed by atoms with Crippen molar-refractivity contribution in [3.05, 3.63) is 0 Å². The van der Waals surface area contributed by atoms with Crippen molar-refractivity contribution < 1.29 is 0 Å². The monoisotopic (exact) mass is 138 g/mol. The van der Waals surface area contributed by atoms with Crippen molar-refractivity contribution >= 4 is 0 Å². The van der Waals surface area contributed by atoms with Crippen LogP contribution in [-0.2, 0) is 0 Å². The molecular weight excluding hydrogens is 124 g/mol. The van der Waals surface area contributed by atoms with E-state index in [-0.39, 0.29) is 0 Å². The molecule has 0 spiro atoms. The van der Waals surface area contributed by atoms with E-state index in [9.17, 15) is 0 Å². The summed E-state index contributed by atoms with van der Waals surface area (Å²) in [5.41, 5.74) is 0. The second-order valence-corrected chi connectivity index (χ2v) is 2.61. The van der Waals surface area contributed by atoms with Crippen molar-refractivity contribution in [2.45, 2.75) is 18.9 Å². The first-order chi connectivity index (χ1) is 4.93. The van der Waals surface area contributed by atoms with Crippen molar-refractivity contribution in [1.82, 2.24) is 10.6 Å². The highest BCUT2D eigenvalue weighted by atomic mass is 15.0. The smallest absolute Gasteiger partial charge is 0.0575 e. The predicted molar refractivity (Wildman–Crippen MR) is 42.7 cm³/mol. The Labute approximate surface area is 62.4 Å². The van der Waals surface area contributed by atoms with Gasteiger partial charge in [-0.05, 0) is 25.9 Å². The van der Waals surface area contributed by atoms with E-state index in [0.29, 0.717) is 12.6 Å². The molecule has 1 aliphatic rings. The van der Waals surface area contributed by atoms with Crippen LogP contribution in [0.1, 0.15) is 12.8 Å². The molecule has 1 rings (SSSR count). The fourth-order valence-corrected chi connectivity index (χ4v) is 1.23. The van der Waals surface area contributed by atoms with Gasteiger partial charge in [0.25, 0.3) is 0 Å². The first-order valence-corrected chi connectivity index (χ1v) is 3.81. The van der Waals surface area contributed by atoms with E-state index >= 15 is 0 Å². The Hall–Kier alpha value is -0.520. The minimum absolute atomic E-state index is 0.650. The zero-order valence-corrected chi connectivity index (χ0v) is 6.19. The number of terminal acetylenes is 1. The summed E-state index contributed by atoms with van der Waals surface area (Å²) < 4.78 is 0. The minimum Gasteiger partial charge on any atom is -0.317 e. The third kappa shape index (κ3) is 2.38. The second-order valence-electron chi connectivity index (χ2n) is 2.61. The van der Waals surface area contributed by atoms with Gasteiger partial charge in [-0.15, -0.1) is 6.42 Å². The maximum atomic E-state index is 5.12. The molecule has 10 heavy (non-hydrogen) atoms. The molecule has 0 aromatic rings. The van der Waals surface area contributed by atoms with Crippen LogP contribution in [0.5, 0.6) is 0 Å². The van der Waals surface area contributed by atoms with E-state index in [4.69, 9.17) is 6.42 Å². The topological polar surface area (TPSA) is 24.1 Å². The summed E-state index contributed by atoms with van der Waals surface area (Å²) in [6.07, 6.45) is 7.54. The quantitative estimate of drug-likeness (QED) is 0.523. The minimum atomic E-state index is 0.650. The molecule has 0 aliphatic carbocycles. The Morgan fingerprint density at radius 1 is 1.50 bits per heavy atom. The standard InChI is InChI=1S/C8H14N2/c1-2-5-10-8-3-6-9-7-4-8/h1,8-10H,3-7H2. The Balaban J connectivity index is 2.09. The van der Waals surface area contributed by atoms with E-state index in [1.807, 2.05) is 0 Å². The van der Waals surface area contributed by atoms with Crippen LogP contribution in [0.25, 0.3) is 0 Å². The van der Waals surface area contributed by atoms with Crippen LogP contribution in [-0.4, -0.2) is 25.7 Å². The third-order valence-corrected chi connectivity index (χ3v) is 1.83. The van der Waals surface area contributed by atoms with Gasteiger partial charge in [-0.1, -0.05) is 5.92 Å². The Bertz CT molecular complexity index is 120. The number of rotatable bonds is 2. The fraction of sp³-hybridized carbons (Fsp3) is 0.750. The molecule has 0 amide bonds. The Morgan fingerprint density at radius 2 is 2.20 bits per heavy atom. The van der Waals surface area contributed by atoms with Crippen LogP contribution >= 0.6 is 0 Å².